The number of aryl methyl sites for hydroxylation is 1. The van der Waals surface area contributed by atoms with E-state index in [1.54, 1.807) is 6.92 Å². The number of carboxylic acid groups (broad SMARTS) is 1. The molecule has 0 amide bonds. The number of carbonyl (C=O) groups is 1. The third kappa shape index (κ3) is 2.91. The van der Waals surface area contributed by atoms with Gasteiger partial charge in [-0.2, -0.15) is 0 Å². The molecule has 0 aliphatic heterocycles. The maximum atomic E-state index is 13.2. The van der Waals surface area contributed by atoms with Crippen molar-refractivity contribution >= 4 is 17.6 Å². The van der Waals surface area contributed by atoms with Gasteiger partial charge in [-0.25, -0.2) is 4.39 Å². The second-order valence-corrected chi connectivity index (χ2v) is 3.75. The smallest absolute Gasteiger partial charge is 0.320 e. The normalized spacial score (nSPS) is 12.5. The lowest BCUT2D eigenvalue weighted by molar-refractivity contribution is -0.138. The zero-order valence-electron chi connectivity index (χ0n) is 8.13. The Morgan fingerprint density at radius 1 is 1.67 bits per heavy atom. The average molecular weight is 232 g/mol. The first-order valence-corrected chi connectivity index (χ1v) is 4.72. The molecule has 5 heteroatoms. The van der Waals surface area contributed by atoms with Crippen LogP contribution in [0.1, 0.15) is 11.1 Å². The summed E-state index contributed by atoms with van der Waals surface area (Å²) in [5.74, 6) is -1.54. The molecule has 1 atom stereocenters. The fourth-order valence-electron chi connectivity index (χ4n) is 1.17. The minimum Gasteiger partial charge on any atom is -0.480 e. The monoisotopic (exact) mass is 231 g/mol. The predicted molar refractivity (Wildman–Crippen MR) is 55.5 cm³/mol. The Morgan fingerprint density at radius 3 is 2.80 bits per heavy atom. The molecular formula is C10H11ClFNO2. The van der Waals surface area contributed by atoms with Gasteiger partial charge < -0.3 is 10.8 Å². The zero-order chi connectivity index (χ0) is 11.6. The first-order chi connectivity index (χ1) is 6.91. The van der Waals surface area contributed by atoms with Gasteiger partial charge in [0.1, 0.15) is 11.9 Å². The molecule has 0 saturated heterocycles. The van der Waals surface area contributed by atoms with E-state index >= 15 is 0 Å². The second kappa shape index (κ2) is 4.59. The topological polar surface area (TPSA) is 63.3 Å². The number of hydrogen-bond acceptors (Lipinski definition) is 2. The molecule has 3 N–H and O–H groups in total. The van der Waals surface area contributed by atoms with Gasteiger partial charge in [0, 0.05) is 5.02 Å². The van der Waals surface area contributed by atoms with E-state index in [1.807, 2.05) is 0 Å². The van der Waals surface area contributed by atoms with Gasteiger partial charge in [0.05, 0.1) is 0 Å². The summed E-state index contributed by atoms with van der Waals surface area (Å²) in [6.45, 7) is 1.59. The van der Waals surface area contributed by atoms with E-state index in [0.717, 1.165) is 0 Å². The molecular weight excluding hydrogens is 221 g/mol. The molecule has 0 aliphatic rings. The summed E-state index contributed by atoms with van der Waals surface area (Å²) in [7, 11) is 0. The molecule has 0 radical (unpaired) electrons. The van der Waals surface area contributed by atoms with Gasteiger partial charge in [0.25, 0.3) is 0 Å². The van der Waals surface area contributed by atoms with Crippen LogP contribution in [-0.2, 0) is 11.2 Å². The van der Waals surface area contributed by atoms with E-state index in [-0.39, 0.29) is 6.42 Å². The average Bonchev–Trinajstić information content (AvgIpc) is 2.13. The van der Waals surface area contributed by atoms with Crippen molar-refractivity contribution in [2.75, 3.05) is 0 Å². The van der Waals surface area contributed by atoms with Crippen LogP contribution in [0.5, 0.6) is 0 Å². The van der Waals surface area contributed by atoms with Crippen LogP contribution < -0.4 is 5.73 Å². The molecule has 3 nitrogen and oxygen atoms in total. The molecule has 1 unspecified atom stereocenters. The van der Waals surface area contributed by atoms with Gasteiger partial charge in [-0.05, 0) is 36.6 Å². The number of rotatable bonds is 3. The fourth-order valence-corrected chi connectivity index (χ4v) is 1.46. The van der Waals surface area contributed by atoms with E-state index < -0.39 is 17.8 Å². The van der Waals surface area contributed by atoms with Crippen LogP contribution in [0.2, 0.25) is 5.02 Å². The van der Waals surface area contributed by atoms with Crippen LogP contribution >= 0.6 is 11.6 Å². The molecule has 1 aromatic carbocycles. The van der Waals surface area contributed by atoms with Crippen molar-refractivity contribution in [3.8, 4) is 0 Å². The Kier molecular flexibility index (Phi) is 3.66. The Labute approximate surface area is 91.7 Å². The van der Waals surface area contributed by atoms with Crippen LogP contribution in [0.4, 0.5) is 4.39 Å². The summed E-state index contributed by atoms with van der Waals surface area (Å²) < 4.78 is 13.2. The molecule has 15 heavy (non-hydrogen) atoms. The van der Waals surface area contributed by atoms with Gasteiger partial charge in [0.15, 0.2) is 0 Å². The molecule has 0 spiro atoms. The van der Waals surface area contributed by atoms with Crippen LogP contribution in [0.3, 0.4) is 0 Å². The molecule has 1 aromatic rings. The van der Waals surface area contributed by atoms with Crippen molar-refractivity contribution in [3.63, 3.8) is 0 Å². The van der Waals surface area contributed by atoms with E-state index in [2.05, 4.69) is 0 Å². The molecule has 82 valence electrons. The van der Waals surface area contributed by atoms with Gasteiger partial charge in [-0.3, -0.25) is 4.79 Å². The first kappa shape index (κ1) is 11.9. The number of nitrogens with two attached hydrogens (primary N) is 1. The highest BCUT2D eigenvalue weighted by Gasteiger charge is 2.15. The Hall–Kier alpha value is -1.13. The van der Waals surface area contributed by atoms with E-state index in [9.17, 15) is 9.18 Å². The van der Waals surface area contributed by atoms with Crippen LogP contribution in [-0.4, -0.2) is 17.1 Å². The number of aliphatic carboxylic acids is 1. The lowest BCUT2D eigenvalue weighted by atomic mass is 10.0. The molecule has 0 fully saturated rings. The maximum Gasteiger partial charge on any atom is 0.320 e. The minimum absolute atomic E-state index is 0.0192. The van der Waals surface area contributed by atoms with E-state index in [1.165, 1.54) is 12.1 Å². The minimum atomic E-state index is -1.13. The van der Waals surface area contributed by atoms with Gasteiger partial charge >= 0.3 is 5.97 Å². The Morgan fingerprint density at radius 2 is 2.27 bits per heavy atom. The van der Waals surface area contributed by atoms with Crippen LogP contribution in [0.15, 0.2) is 12.1 Å². The number of benzene rings is 1. The lowest BCUT2D eigenvalue weighted by Crippen LogP contribution is -2.32. The third-order valence-electron chi connectivity index (χ3n) is 2.08. The van der Waals surface area contributed by atoms with Crippen molar-refractivity contribution in [1.29, 1.82) is 0 Å². The largest absolute Gasteiger partial charge is 0.480 e. The van der Waals surface area contributed by atoms with Gasteiger partial charge in [0.2, 0.25) is 0 Å². The quantitative estimate of drug-likeness (QED) is 0.833. The number of carboxylic acids is 1. The van der Waals surface area contributed by atoms with E-state index in [0.29, 0.717) is 16.1 Å². The molecule has 0 aromatic heterocycles. The standard InChI is InChI=1S/C10H11ClFNO2/c1-5-2-7(11)6(3-8(5)12)4-9(13)10(14)15/h2-3,9H,4,13H2,1H3,(H,14,15). The number of hydrogen-bond donors (Lipinski definition) is 2. The summed E-state index contributed by atoms with van der Waals surface area (Å²) in [5.41, 5.74) is 6.16. The van der Waals surface area contributed by atoms with Crippen molar-refractivity contribution in [1.82, 2.24) is 0 Å². The first-order valence-electron chi connectivity index (χ1n) is 4.34. The SMILES string of the molecule is Cc1cc(Cl)c(CC(N)C(=O)O)cc1F. The third-order valence-corrected chi connectivity index (χ3v) is 2.44. The van der Waals surface area contributed by atoms with Crippen molar-refractivity contribution < 1.29 is 14.3 Å². The van der Waals surface area contributed by atoms with Crippen LogP contribution in [0, 0.1) is 12.7 Å². The van der Waals surface area contributed by atoms with Crippen LogP contribution in [0.25, 0.3) is 0 Å². The van der Waals surface area contributed by atoms with E-state index in [4.69, 9.17) is 22.4 Å². The molecule has 1 rings (SSSR count). The molecule has 0 saturated carbocycles. The lowest BCUT2D eigenvalue weighted by Gasteiger charge is -2.09. The summed E-state index contributed by atoms with van der Waals surface area (Å²) in [5, 5.41) is 8.93. The summed E-state index contributed by atoms with van der Waals surface area (Å²) in [6, 6.07) is 1.62. The van der Waals surface area contributed by atoms with Gasteiger partial charge in [-0.15, -0.1) is 0 Å². The summed E-state index contributed by atoms with van der Waals surface area (Å²) >= 11 is 5.84. The fraction of sp³-hybridized carbons (Fsp3) is 0.300. The summed E-state index contributed by atoms with van der Waals surface area (Å²) in [4.78, 5) is 10.5. The van der Waals surface area contributed by atoms with Crippen molar-refractivity contribution in [2.24, 2.45) is 5.73 Å². The van der Waals surface area contributed by atoms with Crippen molar-refractivity contribution in [2.45, 2.75) is 19.4 Å². The molecule has 0 bridgehead atoms. The predicted octanol–water partition coefficient (Wildman–Crippen LogP) is 1.74. The summed E-state index contributed by atoms with van der Waals surface area (Å²) in [6.07, 6.45) is 0.0192. The zero-order valence-corrected chi connectivity index (χ0v) is 8.88. The molecule has 0 heterocycles. The number of halogens is 2. The Bertz CT molecular complexity index is 395. The second-order valence-electron chi connectivity index (χ2n) is 3.34. The Balaban J connectivity index is 2.95. The highest BCUT2D eigenvalue weighted by Crippen LogP contribution is 2.21. The van der Waals surface area contributed by atoms with Crippen molar-refractivity contribution in [3.05, 3.63) is 34.1 Å². The van der Waals surface area contributed by atoms with Gasteiger partial charge in [-0.1, -0.05) is 11.6 Å². The highest BCUT2D eigenvalue weighted by atomic mass is 35.5. The highest BCUT2D eigenvalue weighted by molar-refractivity contribution is 6.31. The maximum absolute atomic E-state index is 13.2. The molecule has 0 aliphatic carbocycles.